The van der Waals surface area contributed by atoms with Crippen molar-refractivity contribution in [3.63, 3.8) is 0 Å². The number of aromatic nitrogens is 2. The van der Waals surface area contributed by atoms with Crippen molar-refractivity contribution in [2.75, 3.05) is 7.05 Å². The summed E-state index contributed by atoms with van der Waals surface area (Å²) in [6, 6.07) is 8.74. The number of hydrogen-bond acceptors (Lipinski definition) is 6. The normalized spacial score (nSPS) is 11.2. The molecule has 126 valence electrons. The van der Waals surface area contributed by atoms with Crippen LogP contribution in [0, 0.1) is 0 Å². The summed E-state index contributed by atoms with van der Waals surface area (Å²) >= 11 is 6.27. The van der Waals surface area contributed by atoms with Crippen LogP contribution in [0.3, 0.4) is 0 Å². The molecule has 0 spiro atoms. The monoisotopic (exact) mass is 349 g/mol. The molecule has 2 aromatic rings. The highest BCUT2D eigenvalue weighted by atomic mass is 35.5. The van der Waals surface area contributed by atoms with Crippen LogP contribution in [-0.2, 0) is 7.05 Å². The lowest BCUT2D eigenvalue weighted by Crippen LogP contribution is -2.46. The Morgan fingerprint density at radius 2 is 2.00 bits per heavy atom. The first-order chi connectivity index (χ1) is 11.4. The lowest BCUT2D eigenvalue weighted by molar-refractivity contribution is 0.0965. The van der Waals surface area contributed by atoms with E-state index >= 15 is 0 Å². The third-order valence-electron chi connectivity index (χ3n) is 3.14. The Kier molecular flexibility index (Phi) is 5.17. The first-order valence-corrected chi connectivity index (χ1v) is 7.14. The van der Waals surface area contributed by atoms with Gasteiger partial charge in [-0.25, -0.2) is 10.5 Å². The van der Waals surface area contributed by atoms with Crippen LogP contribution < -0.4 is 22.6 Å². The molecule has 0 bridgehead atoms. The maximum Gasteiger partial charge on any atom is 0.280 e. The lowest BCUT2D eigenvalue weighted by Gasteiger charge is -2.15. The molecule has 0 aliphatic rings. The minimum Gasteiger partial charge on any atom is -0.320 e. The molecule has 10 heteroatoms. The van der Waals surface area contributed by atoms with Gasteiger partial charge in [-0.1, -0.05) is 41.9 Å². The van der Waals surface area contributed by atoms with E-state index in [2.05, 4.69) is 15.5 Å². The summed E-state index contributed by atoms with van der Waals surface area (Å²) in [4.78, 5) is 24.8. The Balaban J connectivity index is 2.56. The molecule has 0 radical (unpaired) electrons. The molecule has 1 amide bonds. The van der Waals surface area contributed by atoms with Crippen molar-refractivity contribution in [2.45, 2.75) is 0 Å². The van der Waals surface area contributed by atoms with Crippen LogP contribution in [0.5, 0.6) is 0 Å². The molecule has 0 saturated heterocycles. The van der Waals surface area contributed by atoms with Crippen molar-refractivity contribution in [3.8, 4) is 11.1 Å². The fourth-order valence-corrected chi connectivity index (χ4v) is 2.30. The van der Waals surface area contributed by atoms with E-state index in [1.165, 1.54) is 14.1 Å². The van der Waals surface area contributed by atoms with E-state index < -0.39 is 11.5 Å². The predicted molar refractivity (Wildman–Crippen MR) is 91.0 cm³/mol. The molecule has 0 unspecified atom stereocenters. The predicted octanol–water partition coefficient (Wildman–Crippen LogP) is -0.134. The van der Waals surface area contributed by atoms with Gasteiger partial charge in [0.1, 0.15) is 0 Å². The molecule has 0 fully saturated rings. The summed E-state index contributed by atoms with van der Waals surface area (Å²) in [5.74, 6) is 9.85. The van der Waals surface area contributed by atoms with Gasteiger partial charge in [-0.05, 0) is 5.56 Å². The molecule has 0 aliphatic heterocycles. The number of carbonyl (C=O) groups excluding carboxylic acids is 1. The average Bonchev–Trinajstić information content (AvgIpc) is 2.56. The number of nitrogens with two attached hydrogens (primary N) is 2. The second kappa shape index (κ2) is 7.11. The first-order valence-electron chi connectivity index (χ1n) is 6.76. The minimum absolute atomic E-state index is 0.0714. The molecule has 9 nitrogen and oxygen atoms in total. The Labute approximate surface area is 142 Å². The zero-order chi connectivity index (χ0) is 17.9. The van der Waals surface area contributed by atoms with Gasteiger partial charge in [0.25, 0.3) is 11.5 Å². The van der Waals surface area contributed by atoms with Crippen LogP contribution in [0.4, 0.5) is 0 Å². The van der Waals surface area contributed by atoms with Gasteiger partial charge < -0.3 is 5.84 Å². The zero-order valence-corrected chi connectivity index (χ0v) is 13.8. The molecule has 2 rings (SSSR count). The van der Waals surface area contributed by atoms with E-state index in [-0.39, 0.29) is 22.2 Å². The molecular formula is C14H16ClN7O2. The fourth-order valence-electron chi connectivity index (χ4n) is 1.99. The zero-order valence-electron chi connectivity index (χ0n) is 13.0. The van der Waals surface area contributed by atoms with Gasteiger partial charge in [-0.15, -0.1) is 5.10 Å². The third kappa shape index (κ3) is 3.36. The van der Waals surface area contributed by atoms with E-state index in [0.717, 1.165) is 9.69 Å². The minimum atomic E-state index is -0.700. The van der Waals surface area contributed by atoms with E-state index in [4.69, 9.17) is 23.3 Å². The number of carbonyl (C=O) groups is 1. The van der Waals surface area contributed by atoms with E-state index in [0.29, 0.717) is 5.56 Å². The second-order valence-corrected chi connectivity index (χ2v) is 5.23. The Morgan fingerprint density at radius 1 is 1.38 bits per heavy atom. The number of halogens is 1. The van der Waals surface area contributed by atoms with Gasteiger partial charge in [0.15, 0.2) is 5.69 Å². The molecule has 1 heterocycles. The largest absolute Gasteiger partial charge is 0.320 e. The summed E-state index contributed by atoms with van der Waals surface area (Å²) in [5.41, 5.74) is 0.169. The van der Waals surface area contributed by atoms with Gasteiger partial charge in [-0.2, -0.15) is 5.10 Å². The van der Waals surface area contributed by atoms with E-state index in [1.807, 2.05) is 0 Å². The van der Waals surface area contributed by atoms with Gasteiger partial charge in [0, 0.05) is 14.1 Å². The number of hydrazine groups is 1. The quantitative estimate of drug-likeness (QED) is 0.299. The van der Waals surface area contributed by atoms with Crippen LogP contribution in [-0.4, -0.2) is 33.7 Å². The number of guanidine groups is 1. The summed E-state index contributed by atoms with van der Waals surface area (Å²) < 4.78 is 1.04. The number of benzene rings is 1. The first kappa shape index (κ1) is 17.4. The van der Waals surface area contributed by atoms with Crippen molar-refractivity contribution in [3.05, 3.63) is 51.4 Å². The van der Waals surface area contributed by atoms with Gasteiger partial charge >= 0.3 is 0 Å². The maximum atomic E-state index is 12.4. The van der Waals surface area contributed by atoms with Gasteiger partial charge in [-0.3, -0.25) is 19.9 Å². The molecule has 0 saturated carbocycles. The van der Waals surface area contributed by atoms with Crippen LogP contribution in [0.25, 0.3) is 11.1 Å². The number of amides is 1. The topological polar surface area (TPSA) is 132 Å². The molecule has 5 N–H and O–H groups in total. The number of rotatable bonds is 2. The van der Waals surface area contributed by atoms with Crippen LogP contribution >= 0.6 is 11.6 Å². The summed E-state index contributed by atoms with van der Waals surface area (Å²) in [5, 5.41) is 10.6. The molecule has 1 aromatic heterocycles. The Bertz CT molecular complexity index is 846. The summed E-state index contributed by atoms with van der Waals surface area (Å²) in [6.07, 6.45) is 0. The number of aryl methyl sites for hydroxylation is 1. The Hall–Kier alpha value is -2.91. The Morgan fingerprint density at radius 3 is 2.54 bits per heavy atom. The van der Waals surface area contributed by atoms with Crippen LogP contribution in [0.1, 0.15) is 10.5 Å². The van der Waals surface area contributed by atoms with Gasteiger partial charge in [0.05, 0.1) is 10.6 Å². The van der Waals surface area contributed by atoms with Crippen LogP contribution in [0.2, 0.25) is 5.02 Å². The molecule has 24 heavy (non-hydrogen) atoms. The highest BCUT2D eigenvalue weighted by molar-refractivity contribution is 6.36. The molecular weight excluding hydrogens is 334 g/mol. The third-order valence-corrected chi connectivity index (χ3v) is 3.51. The molecule has 1 aromatic carbocycles. The standard InChI is InChI=1S/C14H16ClN7O2/c1-21(17)14(19-16)18-12(23)11-10(15)9(13(24)22(2)20-11)8-6-4-3-5-7-8/h3-7H,16-17H2,1-2H3,(H,18,19,23). The second-order valence-electron chi connectivity index (χ2n) is 4.85. The maximum absolute atomic E-state index is 12.4. The highest BCUT2D eigenvalue weighted by Crippen LogP contribution is 2.26. The van der Waals surface area contributed by atoms with Crippen molar-refractivity contribution in [1.82, 2.24) is 20.1 Å². The van der Waals surface area contributed by atoms with Gasteiger partial charge in [0.2, 0.25) is 5.96 Å². The van der Waals surface area contributed by atoms with Crippen LogP contribution in [0.15, 0.2) is 40.2 Å². The SMILES string of the molecule is CN(N)/C(=N\N)NC(=O)c1nn(C)c(=O)c(-c2ccccc2)c1Cl. The lowest BCUT2D eigenvalue weighted by atomic mass is 10.1. The summed E-state index contributed by atoms with van der Waals surface area (Å²) in [7, 11) is 2.87. The number of hydrazone groups is 1. The van der Waals surface area contributed by atoms with Crippen molar-refractivity contribution in [1.29, 1.82) is 0 Å². The van der Waals surface area contributed by atoms with Crippen molar-refractivity contribution >= 4 is 23.5 Å². The molecule has 0 aliphatic carbocycles. The van der Waals surface area contributed by atoms with Crippen molar-refractivity contribution in [2.24, 2.45) is 23.8 Å². The smallest absolute Gasteiger partial charge is 0.280 e. The average molecular weight is 350 g/mol. The number of nitrogens with zero attached hydrogens (tertiary/aromatic N) is 4. The summed E-state index contributed by atoms with van der Waals surface area (Å²) in [6.45, 7) is 0. The van der Waals surface area contributed by atoms with E-state index in [9.17, 15) is 9.59 Å². The van der Waals surface area contributed by atoms with Crippen molar-refractivity contribution < 1.29 is 4.79 Å². The fraction of sp³-hybridized carbons (Fsp3) is 0.143. The number of nitrogens with one attached hydrogen (secondary N) is 1. The number of hydrogen-bond donors (Lipinski definition) is 3. The highest BCUT2D eigenvalue weighted by Gasteiger charge is 2.22. The van der Waals surface area contributed by atoms with E-state index in [1.54, 1.807) is 30.3 Å². The molecule has 0 atom stereocenters.